The van der Waals surface area contributed by atoms with Crippen LogP contribution in [0.25, 0.3) is 11.2 Å². The summed E-state index contributed by atoms with van der Waals surface area (Å²) in [5, 5.41) is 10.5. The Morgan fingerprint density at radius 3 is 3.04 bits per heavy atom. The number of hydrogen-bond donors (Lipinski definition) is 3. The number of fused-ring (bicyclic) bond motifs is 2. The van der Waals surface area contributed by atoms with Crippen molar-refractivity contribution < 1.29 is 28.3 Å². The topological polar surface area (TPSA) is 155 Å². The van der Waals surface area contributed by atoms with Crippen LogP contribution in [0.3, 0.4) is 0 Å². The second kappa shape index (κ2) is 5.08. The van der Waals surface area contributed by atoms with Gasteiger partial charge in [-0.1, -0.05) is 11.6 Å². The number of imidazole rings is 1. The molecule has 0 radical (unpaired) electrons. The van der Waals surface area contributed by atoms with E-state index in [4.69, 9.17) is 26.6 Å². The fourth-order valence-electron chi connectivity index (χ4n) is 2.70. The molecule has 11 nitrogen and oxygen atoms in total. The van der Waals surface area contributed by atoms with Gasteiger partial charge in [-0.3, -0.25) is 13.6 Å². The summed E-state index contributed by atoms with van der Waals surface area (Å²) in [5.74, 6) is -0.00167. The second-order valence-corrected chi connectivity index (χ2v) is 6.83. The summed E-state index contributed by atoms with van der Waals surface area (Å²) in [6, 6.07) is 0. The molecule has 13 heteroatoms. The molecule has 0 amide bonds. The minimum atomic E-state index is -4.21. The summed E-state index contributed by atoms with van der Waals surface area (Å²) in [4.78, 5) is 21.3. The van der Waals surface area contributed by atoms with Crippen LogP contribution in [0.1, 0.15) is 6.23 Å². The first-order chi connectivity index (χ1) is 10.9. The maximum absolute atomic E-state index is 11.5. The molecule has 2 aliphatic rings. The Bertz CT molecular complexity index is 831. The quantitative estimate of drug-likeness (QED) is 0.459. The molecule has 4 N–H and O–H groups in total. The van der Waals surface area contributed by atoms with Crippen molar-refractivity contribution >= 4 is 36.5 Å². The van der Waals surface area contributed by atoms with Gasteiger partial charge in [-0.25, -0.2) is 19.5 Å². The summed E-state index contributed by atoms with van der Waals surface area (Å²) in [6.45, 7) is -0.200. The first kappa shape index (κ1) is 15.2. The zero-order valence-electron chi connectivity index (χ0n) is 11.3. The van der Waals surface area contributed by atoms with E-state index in [0.717, 1.165) is 0 Å². The molecule has 2 aromatic rings. The third-order valence-corrected chi connectivity index (χ3v) is 4.94. The molecule has 2 fully saturated rings. The van der Waals surface area contributed by atoms with Gasteiger partial charge in [0.15, 0.2) is 17.0 Å². The minimum Gasteiger partial charge on any atom is -0.386 e. The van der Waals surface area contributed by atoms with Crippen molar-refractivity contribution in [2.75, 3.05) is 12.3 Å². The van der Waals surface area contributed by atoms with Gasteiger partial charge >= 0.3 is 7.82 Å². The standard InChI is InChI=1S/C10H11ClN5O6P/c11-7-4-8(14-2-13-7)16(10(12)15-4)9-5(17)6-3(21-9)1-20-23(18,19)22-6/h2-3,5-6,9,17H,1H2,(H2,12,15)(H,18,19)/t3-,5-,6-,9-/m1/s1. The van der Waals surface area contributed by atoms with E-state index < -0.39 is 32.4 Å². The zero-order valence-corrected chi connectivity index (χ0v) is 13.0. The number of nitrogens with two attached hydrogens (primary N) is 1. The van der Waals surface area contributed by atoms with Crippen LogP contribution in [0.15, 0.2) is 6.33 Å². The van der Waals surface area contributed by atoms with E-state index in [1.807, 2.05) is 0 Å². The summed E-state index contributed by atoms with van der Waals surface area (Å²) in [6.07, 6.45) is -2.87. The lowest BCUT2D eigenvalue weighted by atomic mass is 10.1. The Morgan fingerprint density at radius 2 is 2.26 bits per heavy atom. The molecule has 0 bridgehead atoms. The van der Waals surface area contributed by atoms with Crippen molar-refractivity contribution in [3.63, 3.8) is 0 Å². The van der Waals surface area contributed by atoms with Crippen LogP contribution >= 0.6 is 19.4 Å². The highest BCUT2D eigenvalue weighted by atomic mass is 35.5. The van der Waals surface area contributed by atoms with E-state index in [9.17, 15) is 14.6 Å². The SMILES string of the molecule is Nc1nc2c(Cl)ncnc2n1[C@@H]1O[C@@H]2COP(=O)(O)O[C@H]2[C@H]1O. The summed E-state index contributed by atoms with van der Waals surface area (Å²) in [7, 11) is -4.21. The van der Waals surface area contributed by atoms with Gasteiger partial charge in [0.25, 0.3) is 0 Å². The van der Waals surface area contributed by atoms with Crippen LogP contribution < -0.4 is 5.73 Å². The van der Waals surface area contributed by atoms with Gasteiger partial charge < -0.3 is 20.5 Å². The minimum absolute atomic E-state index is 0.00167. The number of halogens is 1. The van der Waals surface area contributed by atoms with Crippen molar-refractivity contribution in [1.29, 1.82) is 0 Å². The number of nitrogens with zero attached hydrogens (tertiary/aromatic N) is 4. The van der Waals surface area contributed by atoms with Gasteiger partial charge in [0.2, 0.25) is 5.95 Å². The molecule has 4 rings (SSSR count). The van der Waals surface area contributed by atoms with Crippen LogP contribution in [0.4, 0.5) is 5.95 Å². The van der Waals surface area contributed by atoms with Crippen molar-refractivity contribution in [3.05, 3.63) is 11.5 Å². The molecule has 23 heavy (non-hydrogen) atoms. The van der Waals surface area contributed by atoms with E-state index >= 15 is 0 Å². The molecule has 2 aromatic heterocycles. The monoisotopic (exact) mass is 363 g/mol. The lowest BCUT2D eigenvalue weighted by molar-refractivity contribution is -0.0659. The molecule has 4 heterocycles. The number of phosphoric ester groups is 1. The van der Waals surface area contributed by atoms with Crippen molar-refractivity contribution in [2.45, 2.75) is 24.5 Å². The van der Waals surface area contributed by atoms with Crippen LogP contribution in [-0.2, 0) is 18.3 Å². The van der Waals surface area contributed by atoms with E-state index in [-0.39, 0.29) is 28.9 Å². The largest absolute Gasteiger partial charge is 0.472 e. The predicted octanol–water partition coefficient (Wildman–Crippen LogP) is -0.164. The molecule has 1 unspecified atom stereocenters. The van der Waals surface area contributed by atoms with Gasteiger partial charge in [0.1, 0.15) is 30.2 Å². The Labute approximate surface area is 133 Å². The molecule has 0 aliphatic carbocycles. The number of ether oxygens (including phenoxy) is 1. The normalized spacial score (nSPS) is 37.2. The van der Waals surface area contributed by atoms with Crippen LogP contribution in [0.2, 0.25) is 5.15 Å². The fraction of sp³-hybridized carbons (Fsp3) is 0.500. The molecule has 2 saturated heterocycles. The third kappa shape index (κ3) is 2.32. The summed E-state index contributed by atoms with van der Waals surface area (Å²) < 4.78 is 28.1. The molecule has 0 saturated carbocycles. The lowest BCUT2D eigenvalue weighted by Gasteiger charge is -2.27. The molecular formula is C10H11ClN5O6P. The molecular weight excluding hydrogens is 353 g/mol. The van der Waals surface area contributed by atoms with E-state index in [1.54, 1.807) is 0 Å². The van der Waals surface area contributed by atoms with Crippen LogP contribution in [-0.4, -0.2) is 54.4 Å². The van der Waals surface area contributed by atoms with Gasteiger partial charge in [-0.05, 0) is 0 Å². The van der Waals surface area contributed by atoms with Crippen molar-refractivity contribution in [1.82, 2.24) is 19.5 Å². The number of rotatable bonds is 1. The van der Waals surface area contributed by atoms with Crippen LogP contribution in [0, 0.1) is 0 Å². The Kier molecular flexibility index (Phi) is 3.36. The fourth-order valence-corrected chi connectivity index (χ4v) is 3.83. The lowest BCUT2D eigenvalue weighted by Crippen LogP contribution is -2.39. The molecule has 0 spiro atoms. The van der Waals surface area contributed by atoms with E-state index in [0.29, 0.717) is 0 Å². The van der Waals surface area contributed by atoms with Crippen molar-refractivity contribution in [2.24, 2.45) is 0 Å². The number of hydrogen-bond acceptors (Lipinski definition) is 9. The number of phosphoric acid groups is 1. The highest BCUT2D eigenvalue weighted by Crippen LogP contribution is 2.52. The number of aromatic nitrogens is 4. The smallest absolute Gasteiger partial charge is 0.386 e. The predicted molar refractivity (Wildman–Crippen MR) is 75.3 cm³/mol. The third-order valence-electron chi connectivity index (χ3n) is 3.68. The van der Waals surface area contributed by atoms with Crippen molar-refractivity contribution in [3.8, 4) is 0 Å². The highest BCUT2D eigenvalue weighted by molar-refractivity contribution is 7.47. The average molecular weight is 364 g/mol. The summed E-state index contributed by atoms with van der Waals surface area (Å²) >= 11 is 5.94. The van der Waals surface area contributed by atoms with E-state index in [1.165, 1.54) is 10.9 Å². The number of anilines is 1. The average Bonchev–Trinajstić information content (AvgIpc) is 2.97. The first-order valence-electron chi connectivity index (χ1n) is 6.50. The van der Waals surface area contributed by atoms with Gasteiger partial charge in [0, 0.05) is 0 Å². The molecule has 124 valence electrons. The summed E-state index contributed by atoms with van der Waals surface area (Å²) in [5.41, 5.74) is 6.38. The molecule has 2 aliphatic heterocycles. The number of aliphatic hydroxyl groups is 1. The molecule has 5 atom stereocenters. The Hall–Kier alpha value is -1.33. The highest BCUT2D eigenvalue weighted by Gasteiger charge is 2.53. The molecule has 0 aromatic carbocycles. The van der Waals surface area contributed by atoms with E-state index in [2.05, 4.69) is 19.5 Å². The first-order valence-corrected chi connectivity index (χ1v) is 8.38. The number of aliphatic hydroxyl groups excluding tert-OH is 1. The van der Waals surface area contributed by atoms with Gasteiger partial charge in [-0.15, -0.1) is 0 Å². The van der Waals surface area contributed by atoms with Gasteiger partial charge in [-0.2, -0.15) is 0 Å². The maximum Gasteiger partial charge on any atom is 0.472 e. The Morgan fingerprint density at radius 1 is 1.48 bits per heavy atom. The van der Waals surface area contributed by atoms with Crippen LogP contribution in [0.5, 0.6) is 0 Å². The zero-order chi connectivity index (χ0) is 16.4. The van der Waals surface area contributed by atoms with Gasteiger partial charge in [0.05, 0.1) is 6.61 Å². The Balaban J connectivity index is 1.76. The number of nitrogen functional groups attached to an aromatic ring is 1. The maximum atomic E-state index is 11.5. The second-order valence-electron chi connectivity index (χ2n) is 5.07.